The molecule has 144 valence electrons. The summed E-state index contributed by atoms with van der Waals surface area (Å²) in [5, 5.41) is 16.2. The summed E-state index contributed by atoms with van der Waals surface area (Å²) in [6, 6.07) is 6.09. The van der Waals surface area contributed by atoms with Crippen molar-refractivity contribution in [2.75, 3.05) is 6.54 Å². The van der Waals surface area contributed by atoms with Gasteiger partial charge in [-0.15, -0.1) is 0 Å². The molecule has 0 spiro atoms. The smallest absolute Gasteiger partial charge is 0.226 e. The number of hydrogen-bond donors (Lipinski definition) is 2. The Morgan fingerprint density at radius 1 is 1.50 bits per heavy atom. The van der Waals surface area contributed by atoms with Gasteiger partial charge in [0.1, 0.15) is 23.3 Å². The summed E-state index contributed by atoms with van der Waals surface area (Å²) in [6.45, 7) is 4.12. The standard InChI is InChI=1S/C19H18ClFN6O/c1-11(9-24-19(28)7-14-10-23-12(2)25-14)27-4-3-18(26-27)13-5-16(20)15(8-22)17(21)6-13/h3-6,10-11H,7,9H2,1-2H3,(H,23,25)(H,24,28)/t11-/m0/s1. The highest BCUT2D eigenvalue weighted by Gasteiger charge is 2.14. The molecule has 2 heterocycles. The van der Waals surface area contributed by atoms with E-state index in [1.807, 2.05) is 13.8 Å². The van der Waals surface area contributed by atoms with Crippen LogP contribution in [0, 0.1) is 24.1 Å². The molecule has 0 fully saturated rings. The Morgan fingerprint density at radius 2 is 2.29 bits per heavy atom. The summed E-state index contributed by atoms with van der Waals surface area (Å²) >= 11 is 5.96. The molecule has 0 bridgehead atoms. The summed E-state index contributed by atoms with van der Waals surface area (Å²) in [7, 11) is 0. The van der Waals surface area contributed by atoms with Crippen molar-refractivity contribution in [1.82, 2.24) is 25.1 Å². The van der Waals surface area contributed by atoms with Gasteiger partial charge in [0.2, 0.25) is 5.91 Å². The van der Waals surface area contributed by atoms with Gasteiger partial charge in [0.25, 0.3) is 0 Å². The lowest BCUT2D eigenvalue weighted by Crippen LogP contribution is -2.31. The number of rotatable bonds is 6. The molecule has 28 heavy (non-hydrogen) atoms. The average molecular weight is 401 g/mol. The first-order valence-electron chi connectivity index (χ1n) is 8.59. The second kappa shape index (κ2) is 8.23. The van der Waals surface area contributed by atoms with Crippen LogP contribution in [0.1, 0.15) is 30.0 Å². The highest BCUT2D eigenvalue weighted by atomic mass is 35.5. The molecular weight excluding hydrogens is 383 g/mol. The van der Waals surface area contributed by atoms with E-state index in [2.05, 4.69) is 20.4 Å². The van der Waals surface area contributed by atoms with Gasteiger partial charge in [-0.3, -0.25) is 9.48 Å². The molecule has 0 aliphatic rings. The van der Waals surface area contributed by atoms with Crippen molar-refractivity contribution in [2.45, 2.75) is 26.3 Å². The van der Waals surface area contributed by atoms with Crippen LogP contribution in [-0.4, -0.2) is 32.2 Å². The normalized spacial score (nSPS) is 11.8. The van der Waals surface area contributed by atoms with Gasteiger partial charge in [-0.05, 0) is 32.0 Å². The van der Waals surface area contributed by atoms with Gasteiger partial charge in [0, 0.05) is 30.2 Å². The van der Waals surface area contributed by atoms with Gasteiger partial charge < -0.3 is 10.3 Å². The number of aromatic nitrogens is 4. The molecule has 0 radical (unpaired) electrons. The second-order valence-corrected chi connectivity index (χ2v) is 6.84. The van der Waals surface area contributed by atoms with Crippen molar-refractivity contribution in [2.24, 2.45) is 0 Å². The van der Waals surface area contributed by atoms with Crippen molar-refractivity contribution >= 4 is 17.5 Å². The molecule has 1 aromatic carbocycles. The number of carbonyl (C=O) groups excluding carboxylic acids is 1. The van der Waals surface area contributed by atoms with E-state index >= 15 is 0 Å². The molecular formula is C19H18ClFN6O. The Hall–Kier alpha value is -3.18. The monoisotopic (exact) mass is 400 g/mol. The molecule has 3 rings (SSSR count). The Labute approximate surface area is 166 Å². The van der Waals surface area contributed by atoms with Gasteiger partial charge >= 0.3 is 0 Å². The number of aryl methyl sites for hydroxylation is 1. The van der Waals surface area contributed by atoms with Gasteiger partial charge in [0.05, 0.1) is 23.2 Å². The maximum Gasteiger partial charge on any atom is 0.226 e. The zero-order valence-electron chi connectivity index (χ0n) is 15.3. The molecule has 0 saturated carbocycles. The third-order valence-corrected chi connectivity index (χ3v) is 4.51. The predicted octanol–water partition coefficient (Wildman–Crippen LogP) is 3.17. The maximum absolute atomic E-state index is 14.0. The lowest BCUT2D eigenvalue weighted by atomic mass is 10.1. The highest BCUT2D eigenvalue weighted by molar-refractivity contribution is 6.32. The third kappa shape index (κ3) is 4.38. The Morgan fingerprint density at radius 3 is 2.93 bits per heavy atom. The molecule has 0 unspecified atom stereocenters. The number of H-pyrrole nitrogens is 1. The minimum Gasteiger partial charge on any atom is -0.354 e. The first-order valence-corrected chi connectivity index (χ1v) is 8.97. The van der Waals surface area contributed by atoms with E-state index in [0.717, 1.165) is 11.5 Å². The number of halogens is 2. The van der Waals surface area contributed by atoms with E-state index in [4.69, 9.17) is 16.9 Å². The van der Waals surface area contributed by atoms with E-state index in [9.17, 15) is 9.18 Å². The van der Waals surface area contributed by atoms with Crippen LogP contribution in [-0.2, 0) is 11.2 Å². The van der Waals surface area contributed by atoms with E-state index in [0.29, 0.717) is 17.8 Å². The zero-order valence-corrected chi connectivity index (χ0v) is 16.1. The number of nitrogens with zero attached hydrogens (tertiary/aromatic N) is 4. The SMILES string of the molecule is Cc1ncc(CC(=O)NC[C@H](C)n2ccc(-c3cc(F)c(C#N)c(Cl)c3)n2)[nH]1. The van der Waals surface area contributed by atoms with Crippen LogP contribution < -0.4 is 5.32 Å². The van der Waals surface area contributed by atoms with Crippen LogP contribution >= 0.6 is 11.6 Å². The zero-order chi connectivity index (χ0) is 20.3. The molecule has 2 aromatic heterocycles. The lowest BCUT2D eigenvalue weighted by molar-refractivity contribution is -0.120. The van der Waals surface area contributed by atoms with Crippen molar-refractivity contribution in [3.8, 4) is 17.3 Å². The van der Waals surface area contributed by atoms with E-state index in [1.165, 1.54) is 12.1 Å². The fraction of sp³-hybridized carbons (Fsp3) is 0.263. The Bertz CT molecular complexity index is 1030. The van der Waals surface area contributed by atoms with Crippen molar-refractivity contribution < 1.29 is 9.18 Å². The second-order valence-electron chi connectivity index (χ2n) is 6.43. The first-order chi connectivity index (χ1) is 13.4. The quantitative estimate of drug-likeness (QED) is 0.663. The predicted molar refractivity (Wildman–Crippen MR) is 102 cm³/mol. The van der Waals surface area contributed by atoms with Crippen LogP contribution in [0.4, 0.5) is 4.39 Å². The third-order valence-electron chi connectivity index (χ3n) is 4.21. The Balaban J connectivity index is 1.63. The number of nitrogens with one attached hydrogen (secondary N) is 2. The number of aromatic amines is 1. The molecule has 1 amide bonds. The minimum atomic E-state index is -0.686. The summed E-state index contributed by atoms with van der Waals surface area (Å²) in [5.41, 5.74) is 1.57. The van der Waals surface area contributed by atoms with Crippen molar-refractivity contribution in [1.29, 1.82) is 5.26 Å². The summed E-state index contributed by atoms with van der Waals surface area (Å²) in [6.07, 6.45) is 3.61. The van der Waals surface area contributed by atoms with Crippen LogP contribution in [0.2, 0.25) is 5.02 Å². The molecule has 1 atom stereocenters. The Kier molecular flexibility index (Phi) is 5.76. The van der Waals surface area contributed by atoms with E-state index in [-0.39, 0.29) is 29.0 Å². The molecule has 3 aromatic rings. The van der Waals surface area contributed by atoms with Gasteiger partial charge in [-0.1, -0.05) is 11.6 Å². The molecule has 0 aliphatic carbocycles. The molecule has 0 saturated heterocycles. The summed E-state index contributed by atoms with van der Waals surface area (Å²) in [4.78, 5) is 19.1. The van der Waals surface area contributed by atoms with E-state index < -0.39 is 5.82 Å². The van der Waals surface area contributed by atoms with Crippen LogP contribution in [0.3, 0.4) is 0 Å². The molecule has 7 nitrogen and oxygen atoms in total. The maximum atomic E-state index is 14.0. The van der Waals surface area contributed by atoms with Crippen LogP contribution in [0.5, 0.6) is 0 Å². The lowest BCUT2D eigenvalue weighted by Gasteiger charge is -2.13. The fourth-order valence-corrected chi connectivity index (χ4v) is 2.97. The topological polar surface area (TPSA) is 99.4 Å². The van der Waals surface area contributed by atoms with Gasteiger partial charge in [-0.25, -0.2) is 9.37 Å². The van der Waals surface area contributed by atoms with Gasteiger partial charge in [0.15, 0.2) is 0 Å². The van der Waals surface area contributed by atoms with Crippen LogP contribution in [0.25, 0.3) is 11.3 Å². The van der Waals surface area contributed by atoms with Crippen molar-refractivity contribution in [3.05, 3.63) is 58.5 Å². The molecule has 0 aliphatic heterocycles. The van der Waals surface area contributed by atoms with Crippen LogP contribution in [0.15, 0.2) is 30.6 Å². The molecule has 9 heteroatoms. The highest BCUT2D eigenvalue weighted by Crippen LogP contribution is 2.27. The number of amides is 1. The number of carbonyl (C=O) groups is 1. The summed E-state index contributed by atoms with van der Waals surface area (Å²) in [5.74, 6) is -0.0442. The fourth-order valence-electron chi connectivity index (χ4n) is 2.72. The number of hydrogen-bond acceptors (Lipinski definition) is 4. The summed E-state index contributed by atoms with van der Waals surface area (Å²) < 4.78 is 15.6. The minimum absolute atomic E-state index is 0.0430. The number of nitriles is 1. The first kappa shape index (κ1) is 19.6. The molecule has 2 N–H and O–H groups in total. The average Bonchev–Trinajstić information content (AvgIpc) is 3.29. The van der Waals surface area contributed by atoms with Gasteiger partial charge in [-0.2, -0.15) is 10.4 Å². The van der Waals surface area contributed by atoms with Crippen molar-refractivity contribution in [3.63, 3.8) is 0 Å². The largest absolute Gasteiger partial charge is 0.354 e. The number of benzene rings is 1. The van der Waals surface area contributed by atoms with E-state index in [1.54, 1.807) is 29.2 Å². The number of imidazole rings is 1.